The van der Waals surface area contributed by atoms with Crippen molar-refractivity contribution >= 4 is 79.6 Å². The molecule has 4 nitrogen and oxygen atoms in total. The van der Waals surface area contributed by atoms with Crippen LogP contribution in [0.5, 0.6) is 0 Å². The number of hydrogen-bond donors (Lipinski definition) is 2. The highest BCUT2D eigenvalue weighted by atomic mass is 127. The minimum absolute atomic E-state index is 0.166. The predicted octanol–water partition coefficient (Wildman–Crippen LogP) is 3.34. The fourth-order valence-electron chi connectivity index (χ4n) is 1.45. The summed E-state index contributed by atoms with van der Waals surface area (Å²) >= 11 is 6.40. The summed E-state index contributed by atoms with van der Waals surface area (Å²) in [6, 6.07) is 2.86. The lowest BCUT2D eigenvalue weighted by Gasteiger charge is -2.18. The van der Waals surface area contributed by atoms with E-state index in [0.29, 0.717) is 5.56 Å². The third-order valence-corrected chi connectivity index (χ3v) is 6.12. The zero-order chi connectivity index (χ0) is 14.7. The van der Waals surface area contributed by atoms with Gasteiger partial charge in [0.1, 0.15) is 6.04 Å². The van der Waals surface area contributed by atoms with Gasteiger partial charge >= 0.3 is 5.97 Å². The van der Waals surface area contributed by atoms with Gasteiger partial charge in [-0.15, -0.1) is 0 Å². The standard InChI is InChI=1S/C12H12I3NO3/c1-5(2)10(12(18)19)16-11(17)7-3-6(13)4-8(14)9(7)15/h3-5,10H,1-2H3,(H,16,17)(H,18,19)/t10-/m0/s1. The molecule has 0 unspecified atom stereocenters. The molecule has 0 heterocycles. The number of nitrogens with one attached hydrogen (secondary N) is 1. The van der Waals surface area contributed by atoms with E-state index in [9.17, 15) is 9.59 Å². The van der Waals surface area contributed by atoms with E-state index in [0.717, 1.165) is 10.7 Å². The Kier molecular flexibility index (Phi) is 6.76. The lowest BCUT2D eigenvalue weighted by atomic mass is 10.0. The van der Waals surface area contributed by atoms with Crippen molar-refractivity contribution in [3.8, 4) is 0 Å². The summed E-state index contributed by atoms with van der Waals surface area (Å²) < 4.78 is 2.76. The number of hydrogen-bond acceptors (Lipinski definition) is 2. The number of carbonyl (C=O) groups excluding carboxylic acids is 1. The van der Waals surface area contributed by atoms with Gasteiger partial charge < -0.3 is 10.4 Å². The van der Waals surface area contributed by atoms with Gasteiger partial charge in [0, 0.05) is 10.7 Å². The Morgan fingerprint density at radius 2 is 1.79 bits per heavy atom. The Labute approximate surface area is 152 Å². The first-order valence-electron chi connectivity index (χ1n) is 5.42. The molecule has 0 aliphatic rings. The van der Waals surface area contributed by atoms with E-state index in [-0.39, 0.29) is 11.8 Å². The van der Waals surface area contributed by atoms with E-state index in [1.807, 2.05) is 6.07 Å². The molecule has 0 aromatic heterocycles. The van der Waals surface area contributed by atoms with E-state index in [2.05, 4.69) is 73.1 Å². The van der Waals surface area contributed by atoms with Crippen LogP contribution in [-0.4, -0.2) is 23.0 Å². The zero-order valence-electron chi connectivity index (χ0n) is 10.2. The van der Waals surface area contributed by atoms with Gasteiger partial charge in [-0.2, -0.15) is 0 Å². The second kappa shape index (κ2) is 7.38. The van der Waals surface area contributed by atoms with Crippen LogP contribution < -0.4 is 5.32 Å². The maximum atomic E-state index is 12.2. The molecule has 7 heteroatoms. The SMILES string of the molecule is CC(C)[C@H](NC(=O)c1cc(I)cc(I)c1I)C(=O)O. The van der Waals surface area contributed by atoms with Gasteiger partial charge in [-0.1, -0.05) is 13.8 Å². The highest BCUT2D eigenvalue weighted by molar-refractivity contribution is 14.1. The van der Waals surface area contributed by atoms with Crippen molar-refractivity contribution in [3.05, 3.63) is 28.4 Å². The molecule has 0 spiro atoms. The Morgan fingerprint density at radius 3 is 2.26 bits per heavy atom. The van der Waals surface area contributed by atoms with E-state index in [4.69, 9.17) is 5.11 Å². The highest BCUT2D eigenvalue weighted by Gasteiger charge is 2.25. The molecule has 1 aromatic rings. The lowest BCUT2D eigenvalue weighted by Crippen LogP contribution is -2.44. The maximum Gasteiger partial charge on any atom is 0.326 e. The van der Waals surface area contributed by atoms with E-state index < -0.39 is 12.0 Å². The van der Waals surface area contributed by atoms with Gasteiger partial charge in [0.25, 0.3) is 5.91 Å². The molecule has 0 aliphatic carbocycles. The van der Waals surface area contributed by atoms with Crippen LogP contribution in [-0.2, 0) is 4.79 Å². The normalized spacial score (nSPS) is 12.3. The fourth-order valence-corrected chi connectivity index (χ4v) is 3.85. The van der Waals surface area contributed by atoms with Crippen molar-refractivity contribution in [1.82, 2.24) is 5.32 Å². The molecule has 0 radical (unpaired) electrons. The van der Waals surface area contributed by atoms with E-state index >= 15 is 0 Å². The molecule has 19 heavy (non-hydrogen) atoms. The summed E-state index contributed by atoms with van der Waals surface area (Å²) in [5.41, 5.74) is 0.517. The molecule has 1 atom stereocenters. The number of aliphatic carboxylic acids is 1. The van der Waals surface area contributed by atoms with Gasteiger partial charge in [-0.3, -0.25) is 4.79 Å². The third kappa shape index (κ3) is 4.69. The molecule has 1 aromatic carbocycles. The van der Waals surface area contributed by atoms with Crippen LogP contribution in [0.1, 0.15) is 24.2 Å². The largest absolute Gasteiger partial charge is 0.480 e. The minimum Gasteiger partial charge on any atom is -0.480 e. The molecule has 2 N–H and O–H groups in total. The third-order valence-electron chi connectivity index (χ3n) is 2.46. The van der Waals surface area contributed by atoms with Crippen LogP contribution >= 0.6 is 67.8 Å². The topological polar surface area (TPSA) is 66.4 Å². The lowest BCUT2D eigenvalue weighted by molar-refractivity contribution is -0.140. The van der Waals surface area contributed by atoms with Crippen molar-refractivity contribution in [2.45, 2.75) is 19.9 Å². The molecular weight excluding hydrogens is 587 g/mol. The van der Waals surface area contributed by atoms with Crippen molar-refractivity contribution in [2.24, 2.45) is 5.92 Å². The number of amides is 1. The Balaban J connectivity index is 3.04. The maximum absolute atomic E-state index is 12.2. The van der Waals surface area contributed by atoms with Gasteiger partial charge in [0.2, 0.25) is 0 Å². The number of benzene rings is 1. The van der Waals surface area contributed by atoms with E-state index in [1.54, 1.807) is 19.9 Å². The van der Waals surface area contributed by atoms with Gasteiger partial charge in [-0.25, -0.2) is 4.79 Å². The van der Waals surface area contributed by atoms with Crippen LogP contribution in [0.25, 0.3) is 0 Å². The molecule has 1 amide bonds. The van der Waals surface area contributed by atoms with Crippen molar-refractivity contribution in [3.63, 3.8) is 0 Å². The van der Waals surface area contributed by atoms with Crippen molar-refractivity contribution < 1.29 is 14.7 Å². The summed E-state index contributed by atoms with van der Waals surface area (Å²) in [6.45, 7) is 3.53. The van der Waals surface area contributed by atoms with Crippen molar-refractivity contribution in [1.29, 1.82) is 0 Å². The van der Waals surface area contributed by atoms with E-state index in [1.165, 1.54) is 0 Å². The number of carboxylic acid groups (broad SMARTS) is 1. The van der Waals surface area contributed by atoms with Crippen LogP contribution in [0.15, 0.2) is 12.1 Å². The monoisotopic (exact) mass is 599 g/mol. The van der Waals surface area contributed by atoms with Crippen LogP contribution in [0.4, 0.5) is 0 Å². The second-order valence-electron chi connectivity index (χ2n) is 4.28. The fraction of sp³-hybridized carbons (Fsp3) is 0.333. The highest BCUT2D eigenvalue weighted by Crippen LogP contribution is 2.23. The Hall–Kier alpha value is 0.350. The first-order valence-corrected chi connectivity index (χ1v) is 8.66. The molecule has 0 bridgehead atoms. The summed E-state index contributed by atoms with van der Waals surface area (Å²) in [4.78, 5) is 23.3. The van der Waals surface area contributed by atoms with Crippen LogP contribution in [0, 0.1) is 16.6 Å². The molecule has 104 valence electrons. The van der Waals surface area contributed by atoms with Crippen LogP contribution in [0.2, 0.25) is 0 Å². The zero-order valence-corrected chi connectivity index (χ0v) is 16.7. The van der Waals surface area contributed by atoms with Crippen molar-refractivity contribution in [2.75, 3.05) is 0 Å². The summed E-state index contributed by atoms with van der Waals surface area (Å²) in [5, 5.41) is 11.7. The second-order valence-corrected chi connectivity index (χ2v) is 7.77. The number of halogens is 3. The molecule has 0 aliphatic heterocycles. The number of carbonyl (C=O) groups is 2. The number of carboxylic acids is 1. The molecule has 1 rings (SSSR count). The summed E-state index contributed by atoms with van der Waals surface area (Å²) in [5.74, 6) is -1.53. The molecule has 0 saturated heterocycles. The number of rotatable bonds is 4. The molecular formula is C12H12I3NO3. The average molecular weight is 599 g/mol. The first kappa shape index (κ1) is 17.4. The minimum atomic E-state index is -1.02. The first-order chi connectivity index (χ1) is 8.73. The smallest absolute Gasteiger partial charge is 0.326 e. The van der Waals surface area contributed by atoms with Gasteiger partial charge in [-0.05, 0) is 85.8 Å². The molecule has 0 saturated carbocycles. The average Bonchev–Trinajstić information content (AvgIpc) is 2.29. The summed E-state index contributed by atoms with van der Waals surface area (Å²) in [7, 11) is 0. The van der Waals surface area contributed by atoms with Gasteiger partial charge in [0.15, 0.2) is 0 Å². The Morgan fingerprint density at radius 1 is 1.21 bits per heavy atom. The van der Waals surface area contributed by atoms with Gasteiger partial charge in [0.05, 0.1) is 5.56 Å². The predicted molar refractivity (Wildman–Crippen MR) is 98.3 cm³/mol. The Bertz CT molecular complexity index is 517. The quantitative estimate of drug-likeness (QED) is 0.413. The molecule has 0 fully saturated rings. The summed E-state index contributed by atoms with van der Waals surface area (Å²) in [6.07, 6.45) is 0. The van der Waals surface area contributed by atoms with Crippen LogP contribution in [0.3, 0.4) is 0 Å².